The van der Waals surface area contributed by atoms with Gasteiger partial charge in [-0.1, -0.05) is 6.07 Å². The van der Waals surface area contributed by atoms with Crippen LogP contribution in [0.15, 0.2) is 12.1 Å². The monoisotopic (exact) mass is 254 g/mol. The van der Waals surface area contributed by atoms with Gasteiger partial charge in [-0.3, -0.25) is 9.59 Å². The van der Waals surface area contributed by atoms with Gasteiger partial charge in [0.05, 0.1) is 13.0 Å². The quantitative estimate of drug-likeness (QED) is 0.451. The Morgan fingerprint density at radius 1 is 1.11 bits per heavy atom. The zero-order valence-electron chi connectivity index (χ0n) is 9.73. The minimum absolute atomic E-state index is 0.153. The van der Waals surface area contributed by atoms with Gasteiger partial charge in [-0.15, -0.1) is 0 Å². The molecule has 0 aliphatic rings. The normalized spacial score (nSPS) is 9.83. The standard InChI is InChI=1S/C11H14N2O5/c1-12-9(16)5-13-8(15)4-6-2-3-7(14)11(18)10(6)17/h2-3,14,17-18H,4-5H2,1H3,(H,12,16)(H,13,15). The predicted octanol–water partition coefficient (Wildman–Crippen LogP) is -0.792. The molecule has 1 aromatic rings. The van der Waals surface area contributed by atoms with Crippen LogP contribution in [0.1, 0.15) is 5.56 Å². The summed E-state index contributed by atoms with van der Waals surface area (Å²) in [5.41, 5.74) is 0.153. The molecular weight excluding hydrogens is 240 g/mol. The van der Waals surface area contributed by atoms with Crippen molar-refractivity contribution < 1.29 is 24.9 Å². The molecule has 0 radical (unpaired) electrons. The van der Waals surface area contributed by atoms with Crippen LogP contribution in [-0.2, 0) is 16.0 Å². The largest absolute Gasteiger partial charge is 0.504 e. The van der Waals surface area contributed by atoms with E-state index >= 15 is 0 Å². The highest BCUT2D eigenvalue weighted by molar-refractivity contribution is 5.86. The fourth-order valence-corrected chi connectivity index (χ4v) is 1.26. The average molecular weight is 254 g/mol. The zero-order chi connectivity index (χ0) is 13.7. The Morgan fingerprint density at radius 3 is 2.39 bits per heavy atom. The molecule has 18 heavy (non-hydrogen) atoms. The molecule has 0 aliphatic carbocycles. The maximum absolute atomic E-state index is 11.4. The number of benzene rings is 1. The number of carbonyl (C=O) groups is 2. The predicted molar refractivity (Wildman–Crippen MR) is 62.2 cm³/mol. The van der Waals surface area contributed by atoms with Crippen molar-refractivity contribution in [2.45, 2.75) is 6.42 Å². The van der Waals surface area contributed by atoms with Crippen molar-refractivity contribution in [1.29, 1.82) is 0 Å². The molecule has 0 unspecified atom stereocenters. The number of aromatic hydroxyl groups is 3. The van der Waals surface area contributed by atoms with Gasteiger partial charge in [0.2, 0.25) is 17.6 Å². The van der Waals surface area contributed by atoms with E-state index in [9.17, 15) is 19.8 Å². The van der Waals surface area contributed by atoms with E-state index in [0.717, 1.165) is 6.07 Å². The van der Waals surface area contributed by atoms with Gasteiger partial charge in [0.25, 0.3) is 0 Å². The fraction of sp³-hybridized carbons (Fsp3) is 0.273. The number of nitrogens with one attached hydrogen (secondary N) is 2. The molecule has 7 nitrogen and oxygen atoms in total. The third-order valence-electron chi connectivity index (χ3n) is 2.29. The van der Waals surface area contributed by atoms with Crippen LogP contribution in [0.5, 0.6) is 17.2 Å². The highest BCUT2D eigenvalue weighted by Gasteiger charge is 2.14. The Labute approximate surface area is 103 Å². The maximum atomic E-state index is 11.4. The molecule has 0 bridgehead atoms. The van der Waals surface area contributed by atoms with Crippen molar-refractivity contribution in [3.05, 3.63) is 17.7 Å². The number of likely N-dealkylation sites (N-methyl/N-ethyl adjacent to an activating group) is 1. The van der Waals surface area contributed by atoms with Crippen LogP contribution in [0.25, 0.3) is 0 Å². The summed E-state index contributed by atoms with van der Waals surface area (Å²) in [5, 5.41) is 32.5. The van der Waals surface area contributed by atoms with E-state index in [1.807, 2.05) is 0 Å². The highest BCUT2D eigenvalue weighted by atomic mass is 16.3. The van der Waals surface area contributed by atoms with E-state index in [0.29, 0.717) is 0 Å². The summed E-state index contributed by atoms with van der Waals surface area (Å²) < 4.78 is 0. The molecule has 2 amide bonds. The Balaban J connectivity index is 2.65. The van der Waals surface area contributed by atoms with Crippen molar-refractivity contribution in [2.75, 3.05) is 13.6 Å². The molecule has 0 aliphatic heterocycles. The minimum atomic E-state index is -0.674. The molecule has 5 N–H and O–H groups in total. The highest BCUT2D eigenvalue weighted by Crippen LogP contribution is 2.37. The van der Waals surface area contributed by atoms with Crippen molar-refractivity contribution in [3.63, 3.8) is 0 Å². The first-order valence-electron chi connectivity index (χ1n) is 5.15. The van der Waals surface area contributed by atoms with Crippen molar-refractivity contribution >= 4 is 11.8 Å². The lowest BCUT2D eigenvalue weighted by atomic mass is 10.1. The van der Waals surface area contributed by atoms with Crippen molar-refractivity contribution in [1.82, 2.24) is 10.6 Å². The summed E-state index contributed by atoms with van der Waals surface area (Å²) in [6.45, 7) is -0.167. The lowest BCUT2D eigenvalue weighted by Gasteiger charge is -2.08. The zero-order valence-corrected chi connectivity index (χ0v) is 9.73. The smallest absolute Gasteiger partial charge is 0.239 e. The van der Waals surface area contributed by atoms with E-state index in [4.69, 9.17) is 5.11 Å². The summed E-state index contributed by atoms with van der Waals surface area (Å²) in [5.74, 6) is -2.53. The lowest BCUT2D eigenvalue weighted by Crippen LogP contribution is -2.35. The number of rotatable bonds is 4. The summed E-state index contributed by atoms with van der Waals surface area (Å²) >= 11 is 0. The lowest BCUT2D eigenvalue weighted by molar-refractivity contribution is -0.125. The molecule has 98 valence electrons. The van der Waals surface area contributed by atoms with Crippen molar-refractivity contribution in [2.24, 2.45) is 0 Å². The van der Waals surface area contributed by atoms with Crippen LogP contribution in [0.2, 0.25) is 0 Å². The first-order valence-corrected chi connectivity index (χ1v) is 5.15. The molecule has 0 spiro atoms. The number of hydrogen-bond acceptors (Lipinski definition) is 5. The van der Waals surface area contributed by atoms with Crippen LogP contribution in [0.4, 0.5) is 0 Å². The second kappa shape index (κ2) is 5.76. The third kappa shape index (κ3) is 3.27. The maximum Gasteiger partial charge on any atom is 0.239 e. The number of hydrogen-bond donors (Lipinski definition) is 5. The van der Waals surface area contributed by atoms with Gasteiger partial charge in [0.15, 0.2) is 11.5 Å². The molecule has 0 fully saturated rings. The van der Waals surface area contributed by atoms with E-state index < -0.39 is 23.2 Å². The van der Waals surface area contributed by atoms with Gasteiger partial charge in [0, 0.05) is 12.6 Å². The number of amides is 2. The van der Waals surface area contributed by atoms with Crippen LogP contribution >= 0.6 is 0 Å². The van der Waals surface area contributed by atoms with Crippen LogP contribution in [0, 0.1) is 0 Å². The van der Waals surface area contributed by atoms with Gasteiger partial charge >= 0.3 is 0 Å². The second-order valence-corrected chi connectivity index (χ2v) is 3.57. The third-order valence-corrected chi connectivity index (χ3v) is 2.29. The second-order valence-electron chi connectivity index (χ2n) is 3.57. The van der Waals surface area contributed by atoms with E-state index in [2.05, 4.69) is 10.6 Å². The molecule has 1 rings (SSSR count). The molecule has 0 saturated heterocycles. The minimum Gasteiger partial charge on any atom is -0.504 e. The molecule has 7 heteroatoms. The van der Waals surface area contributed by atoms with Gasteiger partial charge in [-0.25, -0.2) is 0 Å². The molecule has 1 aromatic carbocycles. The van der Waals surface area contributed by atoms with E-state index in [1.54, 1.807) is 0 Å². The summed E-state index contributed by atoms with van der Waals surface area (Å²) in [6.07, 6.45) is -0.212. The first kappa shape index (κ1) is 13.6. The summed E-state index contributed by atoms with van der Waals surface area (Å²) in [4.78, 5) is 22.3. The molecular formula is C11H14N2O5. The Bertz CT molecular complexity index is 473. The molecule has 0 heterocycles. The Kier molecular flexibility index (Phi) is 4.36. The SMILES string of the molecule is CNC(=O)CNC(=O)Cc1ccc(O)c(O)c1O. The summed E-state index contributed by atoms with van der Waals surface area (Å²) in [6, 6.07) is 2.47. The van der Waals surface area contributed by atoms with Crippen LogP contribution in [-0.4, -0.2) is 40.7 Å². The van der Waals surface area contributed by atoms with Gasteiger partial charge in [-0.05, 0) is 6.07 Å². The average Bonchev–Trinajstić information content (AvgIpc) is 2.36. The van der Waals surface area contributed by atoms with Crippen LogP contribution < -0.4 is 10.6 Å². The van der Waals surface area contributed by atoms with Gasteiger partial charge in [0.1, 0.15) is 0 Å². The molecule has 0 saturated carbocycles. The number of carbonyl (C=O) groups excluding carboxylic acids is 2. The van der Waals surface area contributed by atoms with Crippen molar-refractivity contribution in [3.8, 4) is 17.2 Å². The number of phenolic OH excluding ortho intramolecular Hbond substituents is 3. The molecule has 0 aromatic heterocycles. The van der Waals surface area contributed by atoms with E-state index in [-0.39, 0.29) is 24.4 Å². The van der Waals surface area contributed by atoms with Gasteiger partial charge < -0.3 is 26.0 Å². The van der Waals surface area contributed by atoms with Crippen LogP contribution in [0.3, 0.4) is 0 Å². The Hall–Kier alpha value is -2.44. The Morgan fingerprint density at radius 2 is 1.78 bits per heavy atom. The fourth-order valence-electron chi connectivity index (χ4n) is 1.26. The van der Waals surface area contributed by atoms with E-state index in [1.165, 1.54) is 13.1 Å². The van der Waals surface area contributed by atoms with Gasteiger partial charge in [-0.2, -0.15) is 0 Å². The first-order chi connectivity index (χ1) is 8.45. The topological polar surface area (TPSA) is 119 Å². The summed E-state index contributed by atoms with van der Waals surface area (Å²) in [7, 11) is 1.44. The molecule has 0 atom stereocenters. The number of phenols is 3.